The van der Waals surface area contributed by atoms with Gasteiger partial charge in [-0.3, -0.25) is 4.79 Å². The number of rotatable bonds is 4. The molecule has 1 aromatic carbocycles. The number of hydrogen-bond acceptors (Lipinski definition) is 4. The molecule has 0 bridgehead atoms. The first kappa shape index (κ1) is 12.7. The topological polar surface area (TPSA) is 76.4 Å². The number of carbonyl (C=O) groups excluding carboxylic acids is 1. The lowest BCUT2D eigenvalue weighted by atomic mass is 10.0. The molecule has 0 unspecified atom stereocenters. The van der Waals surface area contributed by atoms with Gasteiger partial charge in [-0.1, -0.05) is 0 Å². The quantitative estimate of drug-likeness (QED) is 0.708. The van der Waals surface area contributed by atoms with Gasteiger partial charge in [-0.15, -0.1) is 0 Å². The number of hydrogen-bond donors (Lipinski definition) is 3. The Hall–Kier alpha value is -1.75. The van der Waals surface area contributed by atoms with Gasteiger partial charge in [-0.2, -0.15) is 0 Å². The standard InChI is InChI=1S/C13H19N3O2/c1-13(2,7-18-3)16-11-6-10-8(4-9(11)14)5-12(17)15-10/h4,6,16H,5,7,14H2,1-3H3,(H,15,17). The second kappa shape index (κ2) is 4.49. The van der Waals surface area contributed by atoms with Crippen molar-refractivity contribution in [1.82, 2.24) is 0 Å². The van der Waals surface area contributed by atoms with Gasteiger partial charge in [0.05, 0.1) is 29.9 Å². The third-order valence-corrected chi connectivity index (χ3v) is 2.88. The lowest BCUT2D eigenvalue weighted by Crippen LogP contribution is -2.36. The molecule has 98 valence electrons. The molecule has 5 heteroatoms. The van der Waals surface area contributed by atoms with Crippen molar-refractivity contribution >= 4 is 23.0 Å². The number of amides is 1. The van der Waals surface area contributed by atoms with Gasteiger partial charge < -0.3 is 21.1 Å². The fourth-order valence-corrected chi connectivity index (χ4v) is 2.16. The van der Waals surface area contributed by atoms with Crippen LogP contribution in [0.2, 0.25) is 0 Å². The predicted octanol–water partition coefficient (Wildman–Crippen LogP) is 1.60. The maximum absolute atomic E-state index is 11.3. The number of methoxy groups -OCH3 is 1. The molecule has 1 amide bonds. The van der Waals surface area contributed by atoms with Crippen LogP contribution >= 0.6 is 0 Å². The van der Waals surface area contributed by atoms with Crippen molar-refractivity contribution in [1.29, 1.82) is 0 Å². The van der Waals surface area contributed by atoms with Crippen LogP contribution in [0.15, 0.2) is 12.1 Å². The molecule has 0 spiro atoms. The van der Waals surface area contributed by atoms with E-state index in [-0.39, 0.29) is 11.4 Å². The summed E-state index contributed by atoms with van der Waals surface area (Å²) in [6.07, 6.45) is 0.404. The molecule has 1 aliphatic heterocycles. The number of anilines is 3. The number of fused-ring (bicyclic) bond motifs is 1. The van der Waals surface area contributed by atoms with Gasteiger partial charge in [0.2, 0.25) is 5.91 Å². The van der Waals surface area contributed by atoms with Crippen LogP contribution in [-0.4, -0.2) is 25.2 Å². The lowest BCUT2D eigenvalue weighted by Gasteiger charge is -2.27. The van der Waals surface area contributed by atoms with E-state index in [4.69, 9.17) is 10.5 Å². The number of carbonyl (C=O) groups is 1. The third kappa shape index (κ3) is 2.56. The van der Waals surface area contributed by atoms with E-state index in [9.17, 15) is 4.79 Å². The molecule has 1 aliphatic rings. The molecular weight excluding hydrogens is 230 g/mol. The van der Waals surface area contributed by atoms with E-state index in [1.54, 1.807) is 7.11 Å². The number of nitrogen functional groups attached to an aromatic ring is 1. The highest BCUT2D eigenvalue weighted by atomic mass is 16.5. The van der Waals surface area contributed by atoms with Crippen LogP contribution in [0.4, 0.5) is 17.1 Å². The first-order valence-electron chi connectivity index (χ1n) is 5.91. The van der Waals surface area contributed by atoms with Crippen molar-refractivity contribution in [2.45, 2.75) is 25.8 Å². The maximum Gasteiger partial charge on any atom is 0.228 e. The minimum Gasteiger partial charge on any atom is -0.397 e. The van der Waals surface area contributed by atoms with Gasteiger partial charge >= 0.3 is 0 Å². The second-order valence-electron chi connectivity index (χ2n) is 5.26. The maximum atomic E-state index is 11.3. The molecule has 1 aromatic rings. The van der Waals surface area contributed by atoms with Crippen molar-refractivity contribution in [2.75, 3.05) is 30.1 Å². The molecule has 0 saturated heterocycles. The molecule has 1 heterocycles. The van der Waals surface area contributed by atoms with Crippen LogP contribution < -0.4 is 16.4 Å². The van der Waals surface area contributed by atoms with Crippen LogP contribution in [0.25, 0.3) is 0 Å². The fourth-order valence-electron chi connectivity index (χ4n) is 2.16. The Morgan fingerprint density at radius 2 is 2.22 bits per heavy atom. The number of nitrogens with one attached hydrogen (secondary N) is 2. The smallest absolute Gasteiger partial charge is 0.228 e. The van der Waals surface area contributed by atoms with Crippen molar-refractivity contribution < 1.29 is 9.53 Å². The Balaban J connectivity index is 2.25. The monoisotopic (exact) mass is 249 g/mol. The van der Waals surface area contributed by atoms with E-state index < -0.39 is 0 Å². The Bertz CT molecular complexity index is 483. The zero-order chi connectivity index (χ0) is 13.3. The highest BCUT2D eigenvalue weighted by Crippen LogP contribution is 2.32. The lowest BCUT2D eigenvalue weighted by molar-refractivity contribution is -0.115. The molecule has 4 N–H and O–H groups in total. The van der Waals surface area contributed by atoms with Crippen LogP contribution in [0.1, 0.15) is 19.4 Å². The summed E-state index contributed by atoms with van der Waals surface area (Å²) in [5.41, 5.74) is 9.03. The second-order valence-corrected chi connectivity index (χ2v) is 5.26. The minimum atomic E-state index is -0.223. The highest BCUT2D eigenvalue weighted by Gasteiger charge is 2.22. The van der Waals surface area contributed by atoms with E-state index in [0.717, 1.165) is 16.9 Å². The van der Waals surface area contributed by atoms with Crippen molar-refractivity contribution in [3.8, 4) is 0 Å². The summed E-state index contributed by atoms with van der Waals surface area (Å²) in [6, 6.07) is 3.73. The molecule has 0 radical (unpaired) electrons. The van der Waals surface area contributed by atoms with E-state index in [2.05, 4.69) is 10.6 Å². The Morgan fingerprint density at radius 1 is 1.50 bits per heavy atom. The normalized spacial score (nSPS) is 14.3. The first-order chi connectivity index (χ1) is 8.41. The van der Waals surface area contributed by atoms with Gasteiger partial charge in [-0.05, 0) is 31.5 Å². The molecule has 0 saturated carbocycles. The SMILES string of the molecule is COCC(C)(C)Nc1cc2c(cc1N)CC(=O)N2. The van der Waals surface area contributed by atoms with Crippen LogP contribution in [-0.2, 0) is 16.0 Å². The summed E-state index contributed by atoms with van der Waals surface area (Å²) in [7, 11) is 1.66. The average Bonchev–Trinajstić information content (AvgIpc) is 2.57. The van der Waals surface area contributed by atoms with Crippen LogP contribution in [0, 0.1) is 0 Å². The van der Waals surface area contributed by atoms with Crippen molar-refractivity contribution in [3.63, 3.8) is 0 Å². The Labute approximate surface area is 107 Å². The largest absolute Gasteiger partial charge is 0.397 e. The fraction of sp³-hybridized carbons (Fsp3) is 0.462. The summed E-state index contributed by atoms with van der Waals surface area (Å²) >= 11 is 0. The van der Waals surface area contributed by atoms with Gasteiger partial charge in [0, 0.05) is 12.8 Å². The molecule has 0 aliphatic carbocycles. The van der Waals surface area contributed by atoms with Gasteiger partial charge in [0.25, 0.3) is 0 Å². The average molecular weight is 249 g/mol. The Kier molecular flexibility index (Phi) is 3.17. The van der Waals surface area contributed by atoms with Gasteiger partial charge in [-0.25, -0.2) is 0 Å². The van der Waals surface area contributed by atoms with Crippen molar-refractivity contribution in [3.05, 3.63) is 17.7 Å². The molecule has 0 aromatic heterocycles. The highest BCUT2D eigenvalue weighted by molar-refractivity contribution is 6.00. The molecule has 5 nitrogen and oxygen atoms in total. The minimum absolute atomic E-state index is 0.0118. The zero-order valence-corrected chi connectivity index (χ0v) is 11.0. The molecule has 0 fully saturated rings. The van der Waals surface area contributed by atoms with Crippen LogP contribution in [0.5, 0.6) is 0 Å². The summed E-state index contributed by atoms with van der Waals surface area (Å²) < 4.78 is 5.16. The molecule has 0 atom stereocenters. The van der Waals surface area contributed by atoms with Crippen LogP contribution in [0.3, 0.4) is 0 Å². The summed E-state index contributed by atoms with van der Waals surface area (Å²) in [6.45, 7) is 4.62. The van der Waals surface area contributed by atoms with Gasteiger partial charge in [0.15, 0.2) is 0 Å². The number of ether oxygens (including phenoxy) is 1. The molecular formula is C13H19N3O2. The molecule has 18 heavy (non-hydrogen) atoms. The number of nitrogens with two attached hydrogens (primary N) is 1. The number of benzene rings is 1. The van der Waals surface area contributed by atoms with Gasteiger partial charge in [0.1, 0.15) is 0 Å². The van der Waals surface area contributed by atoms with Crippen molar-refractivity contribution in [2.24, 2.45) is 0 Å². The van der Waals surface area contributed by atoms with E-state index in [0.29, 0.717) is 18.7 Å². The molecule has 2 rings (SSSR count). The summed E-state index contributed by atoms with van der Waals surface area (Å²) in [5.74, 6) is 0.0118. The van der Waals surface area contributed by atoms with E-state index >= 15 is 0 Å². The third-order valence-electron chi connectivity index (χ3n) is 2.88. The first-order valence-corrected chi connectivity index (χ1v) is 5.91. The Morgan fingerprint density at radius 3 is 2.89 bits per heavy atom. The van der Waals surface area contributed by atoms with E-state index in [1.807, 2.05) is 26.0 Å². The summed E-state index contributed by atoms with van der Waals surface area (Å²) in [5, 5.41) is 6.15. The predicted molar refractivity (Wildman–Crippen MR) is 72.8 cm³/mol. The summed E-state index contributed by atoms with van der Waals surface area (Å²) in [4.78, 5) is 11.3. The van der Waals surface area contributed by atoms with E-state index in [1.165, 1.54) is 0 Å². The zero-order valence-electron chi connectivity index (χ0n) is 11.0.